The van der Waals surface area contributed by atoms with E-state index in [4.69, 9.17) is 4.74 Å². The predicted molar refractivity (Wildman–Crippen MR) is 118 cm³/mol. The minimum atomic E-state index is -0.880. The maximum Gasteiger partial charge on any atom is 0.205 e. The van der Waals surface area contributed by atoms with E-state index in [1.165, 1.54) is 37.8 Å². The number of hydrogen-bond donors (Lipinski definition) is 0. The van der Waals surface area contributed by atoms with Crippen LogP contribution in [0.15, 0.2) is 42.7 Å². The summed E-state index contributed by atoms with van der Waals surface area (Å²) in [4.78, 5) is 8.74. The van der Waals surface area contributed by atoms with Crippen LogP contribution >= 0.6 is 0 Å². The van der Waals surface area contributed by atoms with Crippen LogP contribution in [0.25, 0.3) is 10.8 Å². The van der Waals surface area contributed by atoms with E-state index < -0.39 is 11.6 Å². The molecule has 0 saturated heterocycles. The largest absolute Gasteiger partial charge is 0.384 e. The highest BCUT2D eigenvalue weighted by Crippen LogP contribution is 2.31. The van der Waals surface area contributed by atoms with Crippen LogP contribution in [0.5, 0.6) is 0 Å². The van der Waals surface area contributed by atoms with Gasteiger partial charge in [-0.25, -0.2) is 18.7 Å². The van der Waals surface area contributed by atoms with Crippen molar-refractivity contribution in [2.45, 2.75) is 38.5 Å². The van der Waals surface area contributed by atoms with E-state index in [1.54, 1.807) is 25.3 Å². The second-order valence-corrected chi connectivity index (χ2v) is 8.34. The molecule has 0 aliphatic heterocycles. The first-order chi connectivity index (χ1) is 15.1. The summed E-state index contributed by atoms with van der Waals surface area (Å²) >= 11 is 0. The summed E-state index contributed by atoms with van der Waals surface area (Å²) in [6, 6.07) is 7.66. The number of aryl methyl sites for hydroxylation is 1. The molecule has 0 bridgehead atoms. The van der Waals surface area contributed by atoms with Crippen molar-refractivity contribution in [1.29, 1.82) is 0 Å². The lowest BCUT2D eigenvalue weighted by Gasteiger charge is -2.27. The van der Waals surface area contributed by atoms with E-state index in [-0.39, 0.29) is 0 Å². The first kappa shape index (κ1) is 21.4. The second-order valence-electron chi connectivity index (χ2n) is 8.34. The van der Waals surface area contributed by atoms with Gasteiger partial charge in [0.1, 0.15) is 0 Å². The van der Waals surface area contributed by atoms with Crippen LogP contribution in [-0.4, -0.2) is 23.7 Å². The van der Waals surface area contributed by atoms with Crippen LogP contribution in [-0.2, 0) is 11.2 Å². The van der Waals surface area contributed by atoms with Gasteiger partial charge in [0, 0.05) is 37.1 Å². The summed E-state index contributed by atoms with van der Waals surface area (Å²) in [6.07, 6.45) is 10.9. The van der Waals surface area contributed by atoms with Gasteiger partial charge in [-0.1, -0.05) is 30.9 Å². The Morgan fingerprint density at radius 1 is 0.968 bits per heavy atom. The molecular formula is C26H26F2N2O. The van der Waals surface area contributed by atoms with Gasteiger partial charge in [-0.3, -0.25) is 0 Å². The molecule has 0 unspecified atom stereocenters. The molecule has 5 heteroatoms. The Bertz CT molecular complexity index is 1090. The van der Waals surface area contributed by atoms with Crippen molar-refractivity contribution in [3.8, 4) is 11.8 Å². The number of methoxy groups -OCH3 is 1. The van der Waals surface area contributed by atoms with Gasteiger partial charge >= 0.3 is 0 Å². The Morgan fingerprint density at radius 3 is 2.42 bits per heavy atom. The molecule has 0 spiro atoms. The van der Waals surface area contributed by atoms with E-state index >= 15 is 0 Å². The average Bonchev–Trinajstić information content (AvgIpc) is 2.79. The van der Waals surface area contributed by atoms with E-state index in [1.807, 2.05) is 12.4 Å². The number of fused-ring (bicyclic) bond motifs is 1. The molecule has 1 saturated carbocycles. The molecule has 0 amide bonds. The van der Waals surface area contributed by atoms with Crippen LogP contribution in [0.1, 0.15) is 49.1 Å². The van der Waals surface area contributed by atoms with Crippen molar-refractivity contribution in [1.82, 2.24) is 9.97 Å². The van der Waals surface area contributed by atoms with Crippen molar-refractivity contribution in [2.24, 2.45) is 11.8 Å². The van der Waals surface area contributed by atoms with Gasteiger partial charge in [-0.05, 0) is 72.6 Å². The van der Waals surface area contributed by atoms with Gasteiger partial charge in [-0.15, -0.1) is 0 Å². The van der Waals surface area contributed by atoms with E-state index in [2.05, 4.69) is 21.8 Å². The average molecular weight is 421 g/mol. The first-order valence-electron chi connectivity index (χ1n) is 10.8. The van der Waals surface area contributed by atoms with Crippen LogP contribution in [0.4, 0.5) is 8.78 Å². The summed E-state index contributed by atoms with van der Waals surface area (Å²) in [5.74, 6) is 6.10. The molecule has 3 aromatic rings. The fourth-order valence-corrected chi connectivity index (χ4v) is 4.35. The first-order valence-corrected chi connectivity index (χ1v) is 10.8. The summed E-state index contributed by atoms with van der Waals surface area (Å²) in [5, 5.41) is 1.18. The molecule has 0 atom stereocenters. The number of halogens is 2. The van der Waals surface area contributed by atoms with Gasteiger partial charge in [0.05, 0.1) is 0 Å². The second kappa shape index (κ2) is 9.98. The van der Waals surface area contributed by atoms with Crippen molar-refractivity contribution in [3.63, 3.8) is 0 Å². The third-order valence-electron chi connectivity index (χ3n) is 6.15. The molecule has 2 aromatic carbocycles. The Kier molecular flexibility index (Phi) is 6.89. The number of hydrogen-bond acceptors (Lipinski definition) is 3. The van der Waals surface area contributed by atoms with Gasteiger partial charge in [-0.2, -0.15) is 0 Å². The Labute approximate surface area is 181 Å². The zero-order valence-electron chi connectivity index (χ0n) is 17.7. The monoisotopic (exact) mass is 420 g/mol. The summed E-state index contributed by atoms with van der Waals surface area (Å²) in [5.41, 5.74) is 1.74. The molecule has 31 heavy (non-hydrogen) atoms. The van der Waals surface area contributed by atoms with Gasteiger partial charge in [0.2, 0.25) is 5.82 Å². The predicted octanol–water partition coefficient (Wildman–Crippen LogP) is 5.69. The van der Waals surface area contributed by atoms with Crippen LogP contribution in [0.3, 0.4) is 0 Å². The lowest BCUT2D eigenvalue weighted by atomic mass is 9.80. The Hall–Kier alpha value is -2.84. The maximum absolute atomic E-state index is 13.6. The van der Waals surface area contributed by atoms with Crippen molar-refractivity contribution in [2.75, 3.05) is 13.7 Å². The van der Waals surface area contributed by atoms with Crippen LogP contribution in [0, 0.1) is 35.3 Å². The van der Waals surface area contributed by atoms with E-state index in [0.29, 0.717) is 22.2 Å². The smallest absolute Gasteiger partial charge is 0.205 e. The molecule has 1 aliphatic carbocycles. The number of rotatable bonds is 5. The molecule has 1 aliphatic rings. The third kappa shape index (κ3) is 5.45. The Balaban J connectivity index is 1.37. The van der Waals surface area contributed by atoms with Crippen LogP contribution in [0.2, 0.25) is 0 Å². The minimum absolute atomic E-state index is 0.420. The fraction of sp³-hybridized carbons (Fsp3) is 0.385. The molecular weight excluding hydrogens is 394 g/mol. The van der Waals surface area contributed by atoms with Crippen molar-refractivity contribution in [3.05, 3.63) is 71.3 Å². The highest BCUT2D eigenvalue weighted by Gasteiger charge is 2.20. The summed E-state index contributed by atoms with van der Waals surface area (Å²) in [6.45, 7) is 0.883. The zero-order chi connectivity index (χ0) is 21.6. The van der Waals surface area contributed by atoms with E-state index in [9.17, 15) is 8.78 Å². The molecule has 1 heterocycles. The molecule has 1 fully saturated rings. The highest BCUT2D eigenvalue weighted by atomic mass is 19.2. The normalized spacial score (nSPS) is 18.5. The molecule has 0 radical (unpaired) electrons. The quantitative estimate of drug-likeness (QED) is 0.497. The van der Waals surface area contributed by atoms with Crippen LogP contribution < -0.4 is 0 Å². The summed E-state index contributed by atoms with van der Waals surface area (Å²) < 4.78 is 32.4. The molecule has 3 nitrogen and oxygen atoms in total. The SMILES string of the molecule is COCC1CCC(CCc2cnc(C#Cc3cccc4cc(F)c(F)cc34)nc2)CC1. The minimum Gasteiger partial charge on any atom is -0.384 e. The molecule has 4 rings (SSSR count). The number of nitrogens with zero attached hydrogens (tertiary/aromatic N) is 2. The van der Waals surface area contributed by atoms with Gasteiger partial charge < -0.3 is 4.74 Å². The maximum atomic E-state index is 13.6. The van der Waals surface area contributed by atoms with Gasteiger partial charge in [0.25, 0.3) is 0 Å². The molecule has 160 valence electrons. The number of aromatic nitrogens is 2. The highest BCUT2D eigenvalue weighted by molar-refractivity contribution is 5.88. The summed E-state index contributed by atoms with van der Waals surface area (Å²) in [7, 11) is 1.78. The topological polar surface area (TPSA) is 35.0 Å². The number of benzene rings is 2. The third-order valence-corrected chi connectivity index (χ3v) is 6.15. The fourth-order valence-electron chi connectivity index (χ4n) is 4.35. The number of ether oxygens (including phenoxy) is 1. The van der Waals surface area contributed by atoms with E-state index in [0.717, 1.165) is 36.8 Å². The van der Waals surface area contributed by atoms with Crippen molar-refractivity contribution >= 4 is 10.8 Å². The zero-order valence-corrected chi connectivity index (χ0v) is 17.7. The Morgan fingerprint density at radius 2 is 1.68 bits per heavy atom. The van der Waals surface area contributed by atoms with Gasteiger partial charge in [0.15, 0.2) is 11.6 Å². The molecule has 1 aromatic heterocycles. The lowest BCUT2D eigenvalue weighted by molar-refractivity contribution is 0.117. The standard InChI is InChI=1S/C26H26F2N2O/c1-31-17-19-8-5-18(6-9-19)7-10-20-15-29-26(30-16-20)12-11-21-3-2-4-22-13-24(27)25(28)14-23(21)22/h2-4,13-16,18-19H,5-10,17H2,1H3. The lowest BCUT2D eigenvalue weighted by Crippen LogP contribution is -2.18. The van der Waals surface area contributed by atoms with Crippen molar-refractivity contribution < 1.29 is 13.5 Å². The molecule has 0 N–H and O–H groups in total.